The van der Waals surface area contributed by atoms with Gasteiger partial charge in [-0.1, -0.05) is 15.9 Å². The lowest BCUT2D eigenvalue weighted by atomic mass is 9.92. The SMILES string of the molecule is O=C1CN(S(=O)(=O)c2ccc(Br)cc2)CC2(CO)OC3(CCNCC3)CN12. The second-order valence-electron chi connectivity index (χ2n) is 7.35. The predicted octanol–water partition coefficient (Wildman–Crippen LogP) is 0.123. The topological polar surface area (TPSA) is 99.2 Å². The summed E-state index contributed by atoms with van der Waals surface area (Å²) in [6.45, 7) is 1.15. The molecule has 2 N–H and O–H groups in total. The van der Waals surface area contributed by atoms with Crippen LogP contribution in [-0.2, 0) is 19.6 Å². The van der Waals surface area contributed by atoms with Gasteiger partial charge in [-0.05, 0) is 50.2 Å². The van der Waals surface area contributed by atoms with Crippen LogP contribution in [0.5, 0.6) is 0 Å². The summed E-state index contributed by atoms with van der Waals surface area (Å²) in [5.41, 5.74) is -1.85. The average Bonchev–Trinajstić information content (AvgIpc) is 2.97. The maximum absolute atomic E-state index is 13.1. The predicted molar refractivity (Wildman–Crippen MR) is 100 cm³/mol. The third-order valence-electron chi connectivity index (χ3n) is 5.59. The smallest absolute Gasteiger partial charge is 0.243 e. The fourth-order valence-electron chi connectivity index (χ4n) is 4.16. The molecule has 0 bridgehead atoms. The van der Waals surface area contributed by atoms with E-state index in [-0.39, 0.29) is 23.9 Å². The van der Waals surface area contributed by atoms with Crippen molar-refractivity contribution >= 4 is 31.9 Å². The Morgan fingerprint density at radius 2 is 1.85 bits per heavy atom. The zero-order valence-corrected chi connectivity index (χ0v) is 17.1. The molecule has 4 rings (SSSR count). The van der Waals surface area contributed by atoms with Crippen LogP contribution in [0, 0.1) is 0 Å². The summed E-state index contributed by atoms with van der Waals surface area (Å²) in [6.07, 6.45) is 1.44. The molecule has 148 valence electrons. The average molecular weight is 460 g/mol. The molecular formula is C17H22BrN3O5S. The van der Waals surface area contributed by atoms with Crippen molar-refractivity contribution in [2.45, 2.75) is 29.1 Å². The highest BCUT2D eigenvalue weighted by Gasteiger charge is 2.60. The summed E-state index contributed by atoms with van der Waals surface area (Å²) in [5.74, 6) is -0.341. The number of sulfonamides is 1. The number of piperazine rings is 1. The van der Waals surface area contributed by atoms with Crippen molar-refractivity contribution in [3.8, 4) is 0 Å². The van der Waals surface area contributed by atoms with E-state index in [0.29, 0.717) is 6.54 Å². The van der Waals surface area contributed by atoms with Crippen molar-refractivity contribution in [1.29, 1.82) is 0 Å². The van der Waals surface area contributed by atoms with Crippen molar-refractivity contribution in [3.63, 3.8) is 0 Å². The highest BCUT2D eigenvalue weighted by atomic mass is 79.9. The number of amides is 1. The number of benzene rings is 1. The molecule has 1 unspecified atom stereocenters. The lowest BCUT2D eigenvalue weighted by molar-refractivity contribution is -0.191. The van der Waals surface area contributed by atoms with E-state index in [1.165, 1.54) is 17.0 Å². The van der Waals surface area contributed by atoms with Crippen molar-refractivity contribution in [3.05, 3.63) is 28.7 Å². The van der Waals surface area contributed by atoms with Gasteiger partial charge in [-0.3, -0.25) is 4.79 Å². The zero-order valence-electron chi connectivity index (χ0n) is 14.7. The van der Waals surface area contributed by atoms with Crippen molar-refractivity contribution < 1.29 is 23.1 Å². The first kappa shape index (κ1) is 19.3. The second-order valence-corrected chi connectivity index (χ2v) is 10.2. The van der Waals surface area contributed by atoms with Crippen LogP contribution in [0.15, 0.2) is 33.6 Å². The molecule has 3 aliphatic rings. The lowest BCUT2D eigenvalue weighted by Gasteiger charge is -2.43. The second kappa shape index (κ2) is 6.78. The van der Waals surface area contributed by atoms with Gasteiger partial charge in [0, 0.05) is 4.47 Å². The molecule has 0 aliphatic carbocycles. The molecule has 1 aromatic carbocycles. The Balaban J connectivity index is 1.65. The van der Waals surface area contributed by atoms with Gasteiger partial charge in [0.15, 0.2) is 5.72 Å². The van der Waals surface area contributed by atoms with Crippen LogP contribution in [0.2, 0.25) is 0 Å². The highest BCUT2D eigenvalue weighted by Crippen LogP contribution is 2.42. The van der Waals surface area contributed by atoms with Gasteiger partial charge >= 0.3 is 0 Å². The zero-order chi connectivity index (χ0) is 19.3. The largest absolute Gasteiger partial charge is 0.391 e. The molecule has 3 fully saturated rings. The molecule has 1 amide bonds. The number of halogens is 1. The molecule has 0 radical (unpaired) electrons. The van der Waals surface area contributed by atoms with Gasteiger partial charge < -0.3 is 20.1 Å². The first-order valence-corrected chi connectivity index (χ1v) is 11.1. The molecule has 10 heteroatoms. The van der Waals surface area contributed by atoms with E-state index >= 15 is 0 Å². The Morgan fingerprint density at radius 3 is 2.48 bits per heavy atom. The van der Waals surface area contributed by atoms with Gasteiger partial charge in [0.2, 0.25) is 15.9 Å². The fourth-order valence-corrected chi connectivity index (χ4v) is 5.85. The number of carbonyl (C=O) groups excluding carboxylic acids is 1. The first-order chi connectivity index (χ1) is 12.8. The summed E-state index contributed by atoms with van der Waals surface area (Å²) < 4.78 is 34.3. The fraction of sp³-hybridized carbons (Fsp3) is 0.588. The number of aliphatic hydroxyl groups excluding tert-OH is 1. The highest BCUT2D eigenvalue weighted by molar-refractivity contribution is 9.10. The maximum atomic E-state index is 13.1. The van der Waals surface area contributed by atoms with Gasteiger partial charge in [0.05, 0.1) is 36.7 Å². The van der Waals surface area contributed by atoms with Gasteiger partial charge in [0.25, 0.3) is 0 Å². The van der Waals surface area contributed by atoms with E-state index < -0.39 is 28.0 Å². The number of nitrogens with one attached hydrogen (secondary N) is 1. The summed E-state index contributed by atoms with van der Waals surface area (Å²) in [6, 6.07) is 6.27. The van der Waals surface area contributed by atoms with Crippen LogP contribution in [0.1, 0.15) is 12.8 Å². The van der Waals surface area contributed by atoms with E-state index in [1.54, 1.807) is 12.1 Å². The lowest BCUT2D eigenvalue weighted by Crippen LogP contribution is -2.65. The summed E-state index contributed by atoms with van der Waals surface area (Å²) >= 11 is 3.29. The summed E-state index contributed by atoms with van der Waals surface area (Å²) in [7, 11) is -3.88. The number of carbonyl (C=O) groups is 1. The van der Waals surface area contributed by atoms with Crippen LogP contribution in [0.25, 0.3) is 0 Å². The van der Waals surface area contributed by atoms with Crippen molar-refractivity contribution in [1.82, 2.24) is 14.5 Å². The number of nitrogens with zero attached hydrogens (tertiary/aromatic N) is 2. The van der Waals surface area contributed by atoms with Crippen LogP contribution in [0.3, 0.4) is 0 Å². The monoisotopic (exact) mass is 459 g/mol. The van der Waals surface area contributed by atoms with Crippen LogP contribution >= 0.6 is 15.9 Å². The molecule has 3 saturated heterocycles. The van der Waals surface area contributed by atoms with Gasteiger partial charge in [-0.15, -0.1) is 0 Å². The number of fused-ring (bicyclic) bond motifs is 1. The van der Waals surface area contributed by atoms with Crippen molar-refractivity contribution in [2.75, 3.05) is 39.3 Å². The number of hydrogen-bond donors (Lipinski definition) is 2. The van der Waals surface area contributed by atoms with E-state index in [9.17, 15) is 18.3 Å². The molecule has 27 heavy (non-hydrogen) atoms. The Kier molecular flexibility index (Phi) is 4.84. The van der Waals surface area contributed by atoms with E-state index in [2.05, 4.69) is 21.2 Å². The molecule has 3 heterocycles. The quantitative estimate of drug-likeness (QED) is 0.665. The normalized spacial score (nSPS) is 28.5. The third-order valence-corrected chi connectivity index (χ3v) is 7.93. The van der Waals surface area contributed by atoms with Gasteiger partial charge in [-0.2, -0.15) is 4.31 Å². The van der Waals surface area contributed by atoms with Crippen molar-refractivity contribution in [2.24, 2.45) is 0 Å². The Hall–Kier alpha value is -1.04. The molecule has 0 aromatic heterocycles. The molecule has 1 aromatic rings. The molecule has 8 nitrogen and oxygen atoms in total. The standard InChI is InChI=1S/C17H22BrN3O5S/c18-13-1-3-14(4-2-13)27(24,25)20-9-15(23)21-10-16(5-7-19-8-6-16)26-17(21,11-20)12-22/h1-4,19,22H,5-12H2. The molecule has 1 spiro atoms. The minimum absolute atomic E-state index is 0.0805. The summed E-state index contributed by atoms with van der Waals surface area (Å²) in [4.78, 5) is 14.5. The van der Waals surface area contributed by atoms with Crippen LogP contribution < -0.4 is 5.32 Å². The molecule has 1 atom stereocenters. The summed E-state index contributed by atoms with van der Waals surface area (Å²) in [5, 5.41) is 13.4. The number of piperidine rings is 1. The molecule has 0 saturated carbocycles. The molecular weight excluding hydrogens is 438 g/mol. The Morgan fingerprint density at radius 1 is 1.19 bits per heavy atom. The van der Waals surface area contributed by atoms with Crippen LogP contribution in [-0.4, -0.2) is 79.3 Å². The molecule has 3 aliphatic heterocycles. The van der Waals surface area contributed by atoms with E-state index in [0.717, 1.165) is 34.7 Å². The number of aliphatic hydroxyl groups is 1. The van der Waals surface area contributed by atoms with E-state index in [4.69, 9.17) is 4.74 Å². The van der Waals surface area contributed by atoms with Gasteiger partial charge in [-0.25, -0.2) is 8.42 Å². The van der Waals surface area contributed by atoms with Crippen LogP contribution in [0.4, 0.5) is 0 Å². The van der Waals surface area contributed by atoms with Gasteiger partial charge in [0.1, 0.15) is 0 Å². The Labute approximate surface area is 166 Å². The minimum Gasteiger partial charge on any atom is -0.391 e. The minimum atomic E-state index is -3.88. The number of hydrogen-bond acceptors (Lipinski definition) is 6. The maximum Gasteiger partial charge on any atom is 0.243 e. The number of ether oxygens (including phenoxy) is 1. The number of rotatable bonds is 3. The Bertz CT molecular complexity index is 841. The van der Waals surface area contributed by atoms with E-state index in [1.807, 2.05) is 0 Å². The third kappa shape index (κ3) is 3.22. The first-order valence-electron chi connectivity index (χ1n) is 8.88.